The van der Waals surface area contributed by atoms with Crippen molar-refractivity contribution in [2.24, 2.45) is 7.05 Å². The van der Waals surface area contributed by atoms with Crippen LogP contribution < -0.4 is 15.5 Å². The first-order chi connectivity index (χ1) is 18.2. The van der Waals surface area contributed by atoms with E-state index in [1.807, 2.05) is 80.3 Å². The molecule has 3 heterocycles. The average Bonchev–Trinajstić information content (AvgIpc) is 3.49. The van der Waals surface area contributed by atoms with Gasteiger partial charge in [0.15, 0.2) is 0 Å². The van der Waals surface area contributed by atoms with Crippen molar-refractivity contribution in [3.63, 3.8) is 0 Å². The lowest BCUT2D eigenvalue weighted by Gasteiger charge is -2.28. The molecule has 0 bridgehead atoms. The fraction of sp³-hybridized carbons (Fsp3) is 0.357. The molecule has 3 amide bonds. The first kappa shape index (κ1) is 25.7. The van der Waals surface area contributed by atoms with Gasteiger partial charge in [0.05, 0.1) is 30.2 Å². The highest BCUT2D eigenvalue weighted by Gasteiger charge is 2.32. The maximum Gasteiger partial charge on any atom is 0.318 e. The number of thiocarbonyl (C=S) groups is 1. The Labute approximate surface area is 228 Å². The van der Waals surface area contributed by atoms with E-state index in [-0.39, 0.29) is 18.0 Å². The second-order valence-electron chi connectivity index (χ2n) is 10.1. The number of likely N-dealkylation sites (tertiary alicyclic amines) is 1. The van der Waals surface area contributed by atoms with Crippen molar-refractivity contribution >= 4 is 46.3 Å². The molecule has 0 radical (unpaired) electrons. The molecule has 3 aromatic rings. The van der Waals surface area contributed by atoms with Gasteiger partial charge in [-0.3, -0.25) is 9.48 Å². The number of benzene rings is 2. The first-order valence-electron chi connectivity index (χ1n) is 12.8. The molecule has 2 aliphatic rings. The van der Waals surface area contributed by atoms with E-state index in [9.17, 15) is 9.59 Å². The Hall–Kier alpha value is -3.92. The van der Waals surface area contributed by atoms with Crippen LogP contribution in [-0.2, 0) is 20.1 Å². The predicted octanol–water partition coefficient (Wildman–Crippen LogP) is 4.20. The summed E-state index contributed by atoms with van der Waals surface area (Å²) in [6.45, 7) is 3.46. The second kappa shape index (κ2) is 10.4. The largest absolute Gasteiger partial charge is 0.371 e. The zero-order chi connectivity index (χ0) is 27.0. The first-order valence-corrected chi connectivity index (χ1v) is 13.2. The lowest BCUT2D eigenvalue weighted by molar-refractivity contribution is 0.0985. The molecular formula is C28H33N7O2S. The van der Waals surface area contributed by atoms with Gasteiger partial charge in [0.25, 0.3) is 5.91 Å². The average molecular weight is 532 g/mol. The van der Waals surface area contributed by atoms with Gasteiger partial charge < -0.3 is 25.3 Å². The van der Waals surface area contributed by atoms with E-state index in [1.165, 1.54) is 0 Å². The monoisotopic (exact) mass is 531 g/mol. The van der Waals surface area contributed by atoms with Gasteiger partial charge in [-0.15, -0.1) is 0 Å². The molecule has 9 nitrogen and oxygen atoms in total. The molecule has 2 aliphatic heterocycles. The summed E-state index contributed by atoms with van der Waals surface area (Å²) in [5, 5.41) is 10.8. The van der Waals surface area contributed by atoms with E-state index in [2.05, 4.69) is 15.7 Å². The zero-order valence-electron chi connectivity index (χ0n) is 22.2. The number of amides is 3. The Kier molecular flexibility index (Phi) is 7.07. The van der Waals surface area contributed by atoms with Crippen LogP contribution in [0.2, 0.25) is 0 Å². The lowest BCUT2D eigenvalue weighted by atomic mass is 10.0. The molecule has 5 rings (SSSR count). The molecule has 0 spiro atoms. The molecular weight excluding hydrogens is 498 g/mol. The maximum absolute atomic E-state index is 13.8. The van der Waals surface area contributed by atoms with Crippen LogP contribution in [0.5, 0.6) is 0 Å². The molecule has 1 aromatic heterocycles. The van der Waals surface area contributed by atoms with E-state index in [0.29, 0.717) is 25.2 Å². The maximum atomic E-state index is 13.8. The van der Waals surface area contributed by atoms with Crippen LogP contribution in [0.15, 0.2) is 48.7 Å². The molecule has 10 heteroatoms. The number of likely N-dealkylation sites (N-methyl/N-ethyl adjacent to an activating group) is 1. The number of aromatic nitrogens is 2. The molecule has 1 saturated heterocycles. The van der Waals surface area contributed by atoms with E-state index >= 15 is 0 Å². The number of rotatable bonds is 4. The van der Waals surface area contributed by atoms with Crippen molar-refractivity contribution < 1.29 is 9.59 Å². The van der Waals surface area contributed by atoms with E-state index in [1.54, 1.807) is 15.8 Å². The van der Waals surface area contributed by atoms with Crippen LogP contribution in [0.1, 0.15) is 39.9 Å². The highest BCUT2D eigenvalue weighted by molar-refractivity contribution is 7.80. The summed E-state index contributed by atoms with van der Waals surface area (Å²) in [7, 11) is 5.71. The van der Waals surface area contributed by atoms with Crippen molar-refractivity contribution in [3.05, 3.63) is 70.9 Å². The molecule has 38 heavy (non-hydrogen) atoms. The third-order valence-corrected chi connectivity index (χ3v) is 7.93. The number of nitrogens with one attached hydrogen (secondary N) is 2. The van der Waals surface area contributed by atoms with Crippen LogP contribution in [0.4, 0.5) is 22.0 Å². The van der Waals surface area contributed by atoms with Gasteiger partial charge in [0, 0.05) is 45.4 Å². The standard InChI is InChI=1S/C28H33N7O2S/c1-18-14-19(11-12-20(18)15-29-28(37)34-13-7-10-24(34)27(38)32(2)3)26(36)35-17-21-16-30-33(4)25(21)31-22-8-5-6-9-23(22)35/h5-6,8-9,11-12,14,16,24,31H,7,10,13,15,17H2,1-4H3,(H,29,37)/t24-/m1/s1. The molecule has 1 fully saturated rings. The number of carbonyl (C=O) groups excluding carboxylic acids is 2. The molecule has 198 valence electrons. The Morgan fingerprint density at radius 1 is 1.21 bits per heavy atom. The SMILES string of the molecule is Cc1cc(C(=O)N2Cc3cnn(C)c3Nc3ccccc32)ccc1CNC(=O)N1CCC[C@@H]1C(=S)N(C)C. The number of hydrogen-bond donors (Lipinski definition) is 2. The Morgan fingerprint density at radius 2 is 2.00 bits per heavy atom. The van der Waals surface area contributed by atoms with E-state index in [0.717, 1.165) is 51.7 Å². The summed E-state index contributed by atoms with van der Waals surface area (Å²) in [6, 6.07) is 13.3. The topological polar surface area (TPSA) is 85.7 Å². The smallest absolute Gasteiger partial charge is 0.318 e. The van der Waals surface area contributed by atoms with Crippen molar-refractivity contribution in [2.75, 3.05) is 30.9 Å². The molecule has 0 unspecified atom stereocenters. The molecule has 2 N–H and O–H groups in total. The Morgan fingerprint density at radius 3 is 2.76 bits per heavy atom. The van der Waals surface area contributed by atoms with Crippen LogP contribution >= 0.6 is 12.2 Å². The third-order valence-electron chi connectivity index (χ3n) is 7.30. The number of carbonyl (C=O) groups is 2. The summed E-state index contributed by atoms with van der Waals surface area (Å²) in [5.41, 5.74) is 5.12. The Balaban J connectivity index is 1.31. The van der Waals surface area contributed by atoms with E-state index < -0.39 is 0 Å². The summed E-state index contributed by atoms with van der Waals surface area (Å²) < 4.78 is 1.78. The van der Waals surface area contributed by atoms with Crippen LogP contribution in [-0.4, -0.2) is 63.2 Å². The molecule has 0 aliphatic carbocycles. The van der Waals surface area contributed by atoms with Crippen LogP contribution in [0.25, 0.3) is 0 Å². The summed E-state index contributed by atoms with van der Waals surface area (Å²) >= 11 is 5.54. The van der Waals surface area contributed by atoms with Gasteiger partial charge in [-0.2, -0.15) is 5.10 Å². The van der Waals surface area contributed by atoms with Gasteiger partial charge >= 0.3 is 6.03 Å². The fourth-order valence-corrected chi connectivity index (χ4v) is 5.40. The molecule has 1 atom stereocenters. The molecule has 0 saturated carbocycles. The highest BCUT2D eigenvalue weighted by atomic mass is 32.1. The summed E-state index contributed by atoms with van der Waals surface area (Å²) in [4.78, 5) is 33.0. The van der Waals surface area contributed by atoms with E-state index in [4.69, 9.17) is 12.2 Å². The summed E-state index contributed by atoms with van der Waals surface area (Å²) in [6.07, 6.45) is 3.62. The fourth-order valence-electron chi connectivity index (χ4n) is 5.16. The number of nitrogens with zero attached hydrogens (tertiary/aromatic N) is 5. The van der Waals surface area contributed by atoms with Gasteiger partial charge in [-0.25, -0.2) is 4.79 Å². The number of urea groups is 1. The van der Waals surface area contributed by atoms with Gasteiger partial charge in [0.2, 0.25) is 0 Å². The van der Waals surface area contributed by atoms with Gasteiger partial charge in [-0.05, 0) is 55.2 Å². The van der Waals surface area contributed by atoms with Gasteiger partial charge in [0.1, 0.15) is 10.8 Å². The molecule has 2 aromatic carbocycles. The third kappa shape index (κ3) is 4.83. The normalized spacial score (nSPS) is 16.3. The van der Waals surface area contributed by atoms with Gasteiger partial charge in [-0.1, -0.05) is 30.4 Å². The van der Waals surface area contributed by atoms with Crippen LogP contribution in [0, 0.1) is 6.92 Å². The number of hydrogen-bond acceptors (Lipinski definition) is 5. The second-order valence-corrected chi connectivity index (χ2v) is 10.5. The van der Waals surface area contributed by atoms with Crippen molar-refractivity contribution in [3.8, 4) is 0 Å². The quantitative estimate of drug-likeness (QED) is 0.491. The number of para-hydroxylation sites is 2. The minimum atomic E-state index is -0.114. The summed E-state index contributed by atoms with van der Waals surface area (Å²) in [5.74, 6) is 0.786. The lowest BCUT2D eigenvalue weighted by Crippen LogP contribution is -2.48. The van der Waals surface area contributed by atoms with Crippen molar-refractivity contribution in [2.45, 2.75) is 38.9 Å². The Bertz CT molecular complexity index is 1400. The van der Waals surface area contributed by atoms with Crippen LogP contribution in [0.3, 0.4) is 0 Å². The number of anilines is 3. The van der Waals surface area contributed by atoms with Crippen molar-refractivity contribution in [1.82, 2.24) is 24.9 Å². The predicted molar refractivity (Wildman–Crippen MR) is 153 cm³/mol. The highest BCUT2D eigenvalue weighted by Crippen LogP contribution is 2.36. The number of fused-ring (bicyclic) bond motifs is 2. The minimum Gasteiger partial charge on any atom is -0.371 e. The van der Waals surface area contributed by atoms with Crippen molar-refractivity contribution in [1.29, 1.82) is 0 Å². The number of aryl methyl sites for hydroxylation is 2. The zero-order valence-corrected chi connectivity index (χ0v) is 23.0. The minimum absolute atomic E-state index is 0.0487.